The molecule has 5 heteroatoms. The molecule has 5 nitrogen and oxygen atoms in total. The molecule has 0 aromatic carbocycles. The van der Waals surface area contributed by atoms with Crippen LogP contribution in [0.2, 0.25) is 0 Å². The third-order valence-corrected chi connectivity index (χ3v) is 7.93. The van der Waals surface area contributed by atoms with Crippen LogP contribution in [0.1, 0.15) is 46.5 Å². The first kappa shape index (κ1) is 15.0. The first-order valence-electron chi connectivity index (χ1n) is 9.49. The van der Waals surface area contributed by atoms with Crippen LogP contribution < -0.4 is 0 Å². The normalized spacial score (nSPS) is 50.5. The highest BCUT2D eigenvalue weighted by Crippen LogP contribution is 2.69. The monoisotopic (exact) mass is 334 g/mol. The van der Waals surface area contributed by atoms with Crippen LogP contribution in [0.3, 0.4) is 0 Å². The number of carbonyl (C=O) groups is 2. The Labute approximate surface area is 142 Å². The van der Waals surface area contributed by atoms with Crippen molar-refractivity contribution in [3.05, 3.63) is 0 Å². The van der Waals surface area contributed by atoms with Crippen molar-refractivity contribution < 1.29 is 23.8 Å². The number of hydrogen-bond donors (Lipinski definition) is 0. The first-order chi connectivity index (χ1) is 11.4. The zero-order valence-corrected chi connectivity index (χ0v) is 14.6. The largest absolute Gasteiger partial charge is 0.509 e. The Hall–Kier alpha value is -1.26. The average molecular weight is 334 g/mol. The van der Waals surface area contributed by atoms with E-state index in [1.807, 2.05) is 20.8 Å². The molecule has 0 N–H and O–H groups in total. The molecule has 0 spiro atoms. The minimum absolute atomic E-state index is 0.0110. The molecule has 132 valence electrons. The van der Waals surface area contributed by atoms with E-state index in [1.165, 1.54) is 6.42 Å². The average Bonchev–Trinajstić information content (AvgIpc) is 3.27. The van der Waals surface area contributed by atoms with Crippen LogP contribution in [-0.2, 0) is 19.0 Å². The first-order valence-corrected chi connectivity index (χ1v) is 9.49. The smallest absolute Gasteiger partial charge is 0.462 e. The second kappa shape index (κ2) is 4.67. The van der Waals surface area contributed by atoms with Gasteiger partial charge in [-0.25, -0.2) is 4.79 Å². The molecule has 0 radical (unpaired) electrons. The molecule has 5 aliphatic rings. The lowest BCUT2D eigenvalue weighted by molar-refractivity contribution is -0.165. The summed E-state index contributed by atoms with van der Waals surface area (Å²) in [6.07, 6.45) is 3.58. The second-order valence-electron chi connectivity index (χ2n) is 9.21. The van der Waals surface area contributed by atoms with Crippen molar-refractivity contribution >= 4 is 12.1 Å². The van der Waals surface area contributed by atoms with Gasteiger partial charge in [-0.05, 0) is 63.2 Å². The fraction of sp³-hybridized carbons (Fsp3) is 0.895. The number of hydrogen-bond acceptors (Lipinski definition) is 5. The maximum Gasteiger partial charge on any atom is 0.509 e. The quantitative estimate of drug-likeness (QED) is 0.586. The zero-order valence-electron chi connectivity index (χ0n) is 14.6. The van der Waals surface area contributed by atoms with E-state index in [4.69, 9.17) is 14.2 Å². The van der Waals surface area contributed by atoms with E-state index in [-0.39, 0.29) is 24.3 Å². The maximum atomic E-state index is 12.5. The van der Waals surface area contributed by atoms with Crippen molar-refractivity contribution in [3.8, 4) is 0 Å². The van der Waals surface area contributed by atoms with Gasteiger partial charge in [0, 0.05) is 11.8 Å². The minimum Gasteiger partial charge on any atom is -0.462 e. The van der Waals surface area contributed by atoms with Crippen LogP contribution >= 0.6 is 0 Å². The lowest BCUT2D eigenvalue weighted by Crippen LogP contribution is -2.46. The molecular formula is C19H26O5. The van der Waals surface area contributed by atoms with Gasteiger partial charge in [-0.15, -0.1) is 0 Å². The van der Waals surface area contributed by atoms with Gasteiger partial charge < -0.3 is 14.2 Å². The summed E-state index contributed by atoms with van der Waals surface area (Å²) in [5.74, 6) is 3.08. The Bertz CT molecular complexity index is 599. The van der Waals surface area contributed by atoms with Crippen molar-refractivity contribution in [3.63, 3.8) is 0 Å². The lowest BCUT2D eigenvalue weighted by atomic mass is 9.68. The predicted octanol–water partition coefficient (Wildman–Crippen LogP) is 3.16. The van der Waals surface area contributed by atoms with Crippen LogP contribution in [0.5, 0.6) is 0 Å². The Balaban J connectivity index is 1.35. The topological polar surface area (TPSA) is 61.8 Å². The molecule has 1 aliphatic heterocycles. The highest BCUT2D eigenvalue weighted by Gasteiger charge is 2.71. The molecule has 5 rings (SSSR count). The van der Waals surface area contributed by atoms with Gasteiger partial charge in [-0.3, -0.25) is 4.79 Å². The second-order valence-corrected chi connectivity index (χ2v) is 9.21. The standard InChI is InChI=1S/C19H26O5/c1-4-19(2,3)17(20)22-12-6-8-5-9(12)14-11-7-10(13(8)14)15-16(11)24-18(21)23-15/h8-16H,4-7H2,1-3H3. The molecule has 24 heavy (non-hydrogen) atoms. The molecule has 1 heterocycles. The summed E-state index contributed by atoms with van der Waals surface area (Å²) in [5.41, 5.74) is -0.407. The van der Waals surface area contributed by atoms with Crippen molar-refractivity contribution in [2.24, 2.45) is 40.9 Å². The van der Waals surface area contributed by atoms with Crippen molar-refractivity contribution in [1.82, 2.24) is 0 Å². The van der Waals surface area contributed by atoms with Crippen molar-refractivity contribution in [2.75, 3.05) is 0 Å². The molecule has 4 aliphatic carbocycles. The summed E-state index contributed by atoms with van der Waals surface area (Å²) in [7, 11) is 0. The summed E-state index contributed by atoms with van der Waals surface area (Å²) in [6, 6.07) is 0. The van der Waals surface area contributed by atoms with E-state index in [0.717, 1.165) is 19.3 Å². The Morgan fingerprint density at radius 2 is 1.75 bits per heavy atom. The van der Waals surface area contributed by atoms with E-state index < -0.39 is 11.6 Å². The maximum absolute atomic E-state index is 12.5. The summed E-state index contributed by atoms with van der Waals surface area (Å²) in [5, 5.41) is 0. The lowest BCUT2D eigenvalue weighted by Gasteiger charge is -2.41. The molecule has 1 saturated heterocycles. The van der Waals surface area contributed by atoms with Crippen LogP contribution in [0.4, 0.5) is 4.79 Å². The fourth-order valence-corrected chi connectivity index (χ4v) is 6.59. The van der Waals surface area contributed by atoms with Crippen LogP contribution in [0.25, 0.3) is 0 Å². The number of esters is 1. The molecule has 9 atom stereocenters. The van der Waals surface area contributed by atoms with Gasteiger partial charge in [0.1, 0.15) is 18.3 Å². The van der Waals surface area contributed by atoms with Gasteiger partial charge in [-0.2, -0.15) is 0 Å². The highest BCUT2D eigenvalue weighted by molar-refractivity contribution is 5.76. The van der Waals surface area contributed by atoms with Crippen LogP contribution in [0.15, 0.2) is 0 Å². The van der Waals surface area contributed by atoms with E-state index in [0.29, 0.717) is 35.5 Å². The van der Waals surface area contributed by atoms with E-state index in [1.54, 1.807) is 0 Å². The Morgan fingerprint density at radius 1 is 1.08 bits per heavy atom. The molecule has 0 aromatic heterocycles. The third kappa shape index (κ3) is 1.76. The van der Waals surface area contributed by atoms with E-state index in [9.17, 15) is 9.59 Å². The van der Waals surface area contributed by atoms with Crippen molar-refractivity contribution in [2.45, 2.75) is 64.8 Å². The van der Waals surface area contributed by atoms with Gasteiger partial charge in [0.05, 0.1) is 5.41 Å². The Morgan fingerprint density at radius 3 is 2.42 bits per heavy atom. The molecule has 5 fully saturated rings. The predicted molar refractivity (Wildman–Crippen MR) is 83.9 cm³/mol. The number of ether oxygens (including phenoxy) is 3. The Kier molecular flexibility index (Phi) is 2.93. The van der Waals surface area contributed by atoms with Gasteiger partial charge in [0.25, 0.3) is 0 Å². The molecule has 9 unspecified atom stereocenters. The van der Waals surface area contributed by atoms with Gasteiger partial charge in [-0.1, -0.05) is 6.92 Å². The fourth-order valence-electron chi connectivity index (χ4n) is 6.59. The molecule has 4 saturated carbocycles. The number of carbonyl (C=O) groups excluding carboxylic acids is 2. The summed E-state index contributed by atoms with van der Waals surface area (Å²) in [4.78, 5) is 24.0. The summed E-state index contributed by atoms with van der Waals surface area (Å²) >= 11 is 0. The van der Waals surface area contributed by atoms with E-state index in [2.05, 4.69) is 0 Å². The molecule has 0 amide bonds. The van der Waals surface area contributed by atoms with Crippen molar-refractivity contribution in [1.29, 1.82) is 0 Å². The summed E-state index contributed by atoms with van der Waals surface area (Å²) in [6.45, 7) is 5.95. The third-order valence-electron chi connectivity index (χ3n) is 7.93. The number of rotatable bonds is 3. The van der Waals surface area contributed by atoms with Crippen LogP contribution in [-0.4, -0.2) is 30.4 Å². The molecular weight excluding hydrogens is 308 g/mol. The minimum atomic E-state index is -0.486. The van der Waals surface area contributed by atoms with Crippen LogP contribution in [0, 0.1) is 40.9 Å². The SMILES string of the molecule is CCC(C)(C)C(=O)OC1CC2CC1C1C3CC(C4OC(=O)OC34)C21. The van der Waals surface area contributed by atoms with Gasteiger partial charge >= 0.3 is 12.1 Å². The number of fused-ring (bicyclic) bond motifs is 12. The summed E-state index contributed by atoms with van der Waals surface area (Å²) < 4.78 is 16.9. The molecule has 4 bridgehead atoms. The highest BCUT2D eigenvalue weighted by atomic mass is 16.8. The van der Waals surface area contributed by atoms with Gasteiger partial charge in [0.15, 0.2) is 0 Å². The van der Waals surface area contributed by atoms with E-state index >= 15 is 0 Å². The zero-order chi connectivity index (χ0) is 16.8. The molecule has 0 aromatic rings. The van der Waals surface area contributed by atoms with Gasteiger partial charge in [0.2, 0.25) is 0 Å².